The van der Waals surface area contributed by atoms with Gasteiger partial charge in [-0.25, -0.2) is 4.68 Å². The zero-order chi connectivity index (χ0) is 28.7. The maximum atomic E-state index is 13.5. The molecule has 0 amide bonds. The van der Waals surface area contributed by atoms with E-state index in [0.717, 1.165) is 39.4 Å². The minimum Gasteiger partial charge on any atom is -0.494 e. The van der Waals surface area contributed by atoms with Crippen LogP contribution in [0.3, 0.4) is 0 Å². The normalized spacial score (nSPS) is 12.4. The zero-order valence-electron chi connectivity index (χ0n) is 23.8. The fraction of sp³-hybridized carbons (Fsp3) is 0.212. The Hall–Kier alpha value is -4.56. The number of aryl methyl sites for hydroxylation is 1. The summed E-state index contributed by atoms with van der Waals surface area (Å²) in [4.78, 5) is 18.7. The summed E-state index contributed by atoms with van der Waals surface area (Å²) in [5.74, 6) is 1.36. The number of para-hydroxylation sites is 1. The molecule has 0 saturated heterocycles. The van der Waals surface area contributed by atoms with Crippen LogP contribution < -0.4 is 14.8 Å². The molecule has 0 aliphatic rings. The van der Waals surface area contributed by atoms with Gasteiger partial charge in [0.25, 0.3) is 5.56 Å². The Morgan fingerprint density at radius 1 is 0.976 bits per heavy atom. The summed E-state index contributed by atoms with van der Waals surface area (Å²) in [6.07, 6.45) is 3.84. The van der Waals surface area contributed by atoms with Crippen LogP contribution in [0, 0.1) is 6.92 Å². The number of aromatic nitrogens is 5. The van der Waals surface area contributed by atoms with Crippen molar-refractivity contribution in [1.29, 1.82) is 0 Å². The van der Waals surface area contributed by atoms with Gasteiger partial charge in [0, 0.05) is 22.9 Å². The number of fused-ring (bicyclic) bond motifs is 1. The molecule has 7 nitrogen and oxygen atoms in total. The van der Waals surface area contributed by atoms with Crippen LogP contribution in [-0.4, -0.2) is 31.0 Å². The molecule has 6 aromatic rings. The van der Waals surface area contributed by atoms with Crippen molar-refractivity contribution in [3.63, 3.8) is 0 Å². The second-order valence-electron chi connectivity index (χ2n) is 11.0. The van der Waals surface area contributed by atoms with E-state index in [1.165, 1.54) is 21.4 Å². The second-order valence-corrected chi connectivity index (χ2v) is 12.0. The highest BCUT2D eigenvalue weighted by molar-refractivity contribution is 7.15. The summed E-state index contributed by atoms with van der Waals surface area (Å²) in [6.45, 7) is 11.2. The van der Waals surface area contributed by atoms with Crippen LogP contribution in [0.25, 0.3) is 39.4 Å². The topological polar surface area (TPSA) is 74.3 Å². The molecule has 0 radical (unpaired) electrons. The molecule has 0 fully saturated rings. The van der Waals surface area contributed by atoms with Crippen LogP contribution in [0.4, 0.5) is 0 Å². The zero-order valence-corrected chi connectivity index (χ0v) is 24.6. The number of rotatable bonds is 6. The summed E-state index contributed by atoms with van der Waals surface area (Å²) in [7, 11) is 0. The molecular formula is C33H31N5O2S. The average molecular weight is 562 g/mol. The van der Waals surface area contributed by atoms with Gasteiger partial charge in [-0.1, -0.05) is 74.6 Å². The number of benzene rings is 3. The van der Waals surface area contributed by atoms with Crippen molar-refractivity contribution in [2.24, 2.45) is 0 Å². The summed E-state index contributed by atoms with van der Waals surface area (Å²) in [6, 6.07) is 24.1. The van der Waals surface area contributed by atoms with Crippen LogP contribution in [-0.2, 0) is 5.41 Å². The highest BCUT2D eigenvalue weighted by Gasteiger charge is 2.18. The Morgan fingerprint density at radius 3 is 2.39 bits per heavy atom. The Labute approximate surface area is 242 Å². The molecule has 3 heterocycles. The average Bonchev–Trinajstić information content (AvgIpc) is 3.64. The summed E-state index contributed by atoms with van der Waals surface area (Å²) >= 11 is 1.33. The van der Waals surface area contributed by atoms with Gasteiger partial charge >= 0.3 is 0 Å². The Balaban J connectivity index is 1.43. The molecule has 8 heteroatoms. The molecule has 0 spiro atoms. The van der Waals surface area contributed by atoms with Gasteiger partial charge in [0.15, 0.2) is 5.82 Å². The first-order chi connectivity index (χ1) is 19.7. The number of hydrogen-bond donors (Lipinski definition) is 0. The van der Waals surface area contributed by atoms with Gasteiger partial charge in [-0.2, -0.15) is 14.6 Å². The maximum Gasteiger partial charge on any atom is 0.291 e. The molecule has 0 bridgehead atoms. The molecule has 0 aliphatic carbocycles. The van der Waals surface area contributed by atoms with E-state index in [4.69, 9.17) is 9.84 Å². The van der Waals surface area contributed by atoms with Gasteiger partial charge in [-0.05, 0) is 66.8 Å². The number of hydrogen-bond acceptors (Lipinski definition) is 6. The van der Waals surface area contributed by atoms with Gasteiger partial charge in [0.1, 0.15) is 11.4 Å². The smallest absolute Gasteiger partial charge is 0.291 e. The molecule has 0 N–H and O–H groups in total. The van der Waals surface area contributed by atoms with Crippen molar-refractivity contribution in [1.82, 2.24) is 24.4 Å². The first kappa shape index (κ1) is 26.7. The lowest BCUT2D eigenvalue weighted by Crippen LogP contribution is -2.23. The van der Waals surface area contributed by atoms with Crippen LogP contribution in [0.1, 0.15) is 44.4 Å². The van der Waals surface area contributed by atoms with E-state index in [9.17, 15) is 4.79 Å². The van der Waals surface area contributed by atoms with Gasteiger partial charge in [-0.15, -0.1) is 5.10 Å². The van der Waals surface area contributed by atoms with Crippen molar-refractivity contribution in [3.8, 4) is 34.1 Å². The highest BCUT2D eigenvalue weighted by Crippen LogP contribution is 2.30. The summed E-state index contributed by atoms with van der Waals surface area (Å²) in [5.41, 5.74) is 6.55. The van der Waals surface area contributed by atoms with Crippen LogP contribution >= 0.6 is 11.3 Å². The standard InChI is InChI=1S/C33H31N5O2S/c1-6-40-26-16-17-27(21(2)18-26)29-23(20-37(35-29)25-10-8-7-9-11-25)19-28-31(39)38-32(41-28)34-30(36-38)22-12-14-24(15-13-22)33(3,4)5/h7-20H,6H2,1-5H3. The predicted octanol–water partition coefficient (Wildman–Crippen LogP) is 6.22. The molecule has 3 aromatic heterocycles. The largest absolute Gasteiger partial charge is 0.494 e. The van der Waals surface area contributed by atoms with E-state index in [1.807, 2.05) is 91.5 Å². The van der Waals surface area contributed by atoms with Crippen molar-refractivity contribution in [2.75, 3.05) is 6.61 Å². The molecule has 0 aliphatic heterocycles. The Kier molecular flexibility index (Phi) is 6.79. The van der Waals surface area contributed by atoms with Gasteiger partial charge in [-0.3, -0.25) is 4.79 Å². The molecule has 0 unspecified atom stereocenters. The van der Waals surface area contributed by atoms with E-state index in [-0.39, 0.29) is 11.0 Å². The molecule has 0 saturated carbocycles. The number of nitrogens with zero attached hydrogens (tertiary/aromatic N) is 5. The monoisotopic (exact) mass is 561 g/mol. The Bertz CT molecular complexity index is 1960. The first-order valence-electron chi connectivity index (χ1n) is 13.6. The molecule has 6 rings (SSSR count). The van der Waals surface area contributed by atoms with Crippen molar-refractivity contribution >= 4 is 22.4 Å². The van der Waals surface area contributed by atoms with Crippen molar-refractivity contribution in [2.45, 2.75) is 40.0 Å². The second kappa shape index (κ2) is 10.4. The van der Waals surface area contributed by atoms with Gasteiger partial charge < -0.3 is 4.74 Å². The van der Waals surface area contributed by atoms with Crippen LogP contribution in [0.2, 0.25) is 0 Å². The number of thiazole rings is 1. The van der Waals surface area contributed by atoms with Crippen molar-refractivity contribution in [3.05, 3.63) is 111 Å². The summed E-state index contributed by atoms with van der Waals surface area (Å²) in [5, 5.41) is 9.50. The third-order valence-electron chi connectivity index (χ3n) is 7.00. The molecule has 41 heavy (non-hydrogen) atoms. The highest BCUT2D eigenvalue weighted by atomic mass is 32.1. The van der Waals surface area contributed by atoms with Crippen LogP contribution in [0.15, 0.2) is 83.8 Å². The van der Waals surface area contributed by atoms with E-state index in [2.05, 4.69) is 43.0 Å². The van der Waals surface area contributed by atoms with E-state index in [0.29, 0.717) is 21.9 Å². The molecule has 206 valence electrons. The van der Waals surface area contributed by atoms with Crippen molar-refractivity contribution < 1.29 is 4.74 Å². The van der Waals surface area contributed by atoms with Gasteiger partial charge in [0.2, 0.25) is 4.96 Å². The Morgan fingerprint density at radius 2 is 1.73 bits per heavy atom. The molecular weight excluding hydrogens is 530 g/mol. The minimum absolute atomic E-state index is 0.0600. The van der Waals surface area contributed by atoms with Crippen LogP contribution in [0.5, 0.6) is 5.75 Å². The lowest BCUT2D eigenvalue weighted by molar-refractivity contribution is 0.340. The predicted molar refractivity (Wildman–Crippen MR) is 165 cm³/mol. The van der Waals surface area contributed by atoms with Gasteiger partial charge in [0.05, 0.1) is 16.8 Å². The maximum absolute atomic E-state index is 13.5. The molecule has 0 atom stereocenters. The lowest BCUT2D eigenvalue weighted by Gasteiger charge is -2.18. The third kappa shape index (κ3) is 5.18. The van der Waals surface area contributed by atoms with E-state index >= 15 is 0 Å². The number of ether oxygens (including phenoxy) is 1. The van der Waals surface area contributed by atoms with E-state index in [1.54, 1.807) is 0 Å². The SMILES string of the molecule is CCOc1ccc(-c2nn(-c3ccccc3)cc2C=c2sc3nc(-c4ccc(C(C)(C)C)cc4)nn3c2=O)c(C)c1. The first-order valence-corrected chi connectivity index (χ1v) is 14.4. The minimum atomic E-state index is -0.197. The molecule has 3 aromatic carbocycles. The fourth-order valence-corrected chi connectivity index (χ4v) is 5.69. The lowest BCUT2D eigenvalue weighted by atomic mass is 9.87. The quantitative estimate of drug-likeness (QED) is 0.241. The third-order valence-corrected chi connectivity index (χ3v) is 7.96. The summed E-state index contributed by atoms with van der Waals surface area (Å²) < 4.78 is 9.48. The fourth-order valence-electron chi connectivity index (χ4n) is 4.79. The van der Waals surface area contributed by atoms with E-state index < -0.39 is 0 Å².